The van der Waals surface area contributed by atoms with E-state index in [0.717, 1.165) is 10.6 Å². The number of nitrogens with one attached hydrogen (secondary N) is 1. The number of carbonyl (C=O) groups excluding carboxylic acids is 1. The third-order valence-electron chi connectivity index (χ3n) is 2.01. The molecular formula is C10H10N2O2S. The smallest absolute Gasteiger partial charge is 0.349 e. The van der Waals surface area contributed by atoms with Gasteiger partial charge in [-0.3, -0.25) is 0 Å². The number of aryl methyl sites for hydroxylation is 1. The molecule has 0 saturated carbocycles. The molecule has 1 N–H and O–H groups in total. The summed E-state index contributed by atoms with van der Waals surface area (Å²) in [6, 6.07) is 1.92. The second kappa shape index (κ2) is 3.86. The molecule has 15 heavy (non-hydrogen) atoms. The maximum atomic E-state index is 11.4. The van der Waals surface area contributed by atoms with Gasteiger partial charge in [0.15, 0.2) is 0 Å². The van der Waals surface area contributed by atoms with Crippen molar-refractivity contribution in [1.82, 2.24) is 9.97 Å². The van der Waals surface area contributed by atoms with Crippen LogP contribution in [0.3, 0.4) is 0 Å². The summed E-state index contributed by atoms with van der Waals surface area (Å²) in [5, 5.41) is 0.828. The molecule has 4 nitrogen and oxygen atoms in total. The van der Waals surface area contributed by atoms with Crippen molar-refractivity contribution in [3.05, 3.63) is 29.0 Å². The zero-order chi connectivity index (χ0) is 10.8. The van der Waals surface area contributed by atoms with Gasteiger partial charge in [-0.25, -0.2) is 9.78 Å². The van der Waals surface area contributed by atoms with Gasteiger partial charge in [0.25, 0.3) is 0 Å². The second-order valence-electron chi connectivity index (χ2n) is 3.02. The number of hydrogen-bond donors (Lipinski definition) is 1. The van der Waals surface area contributed by atoms with Gasteiger partial charge < -0.3 is 9.72 Å². The molecule has 2 aromatic rings. The standard InChI is InChI=1S/C10H10N2O2S/c1-6-8(10(13)14-2)15-9(12-6)7-3-4-11-5-7/h3-5,11H,1-2H3. The Morgan fingerprint density at radius 1 is 1.60 bits per heavy atom. The average Bonchev–Trinajstić information content (AvgIpc) is 2.84. The maximum absolute atomic E-state index is 11.4. The number of nitrogens with zero attached hydrogens (tertiary/aromatic N) is 1. The van der Waals surface area contributed by atoms with E-state index in [9.17, 15) is 4.79 Å². The number of methoxy groups -OCH3 is 1. The van der Waals surface area contributed by atoms with Gasteiger partial charge in [-0.2, -0.15) is 0 Å². The molecule has 0 aliphatic carbocycles. The van der Waals surface area contributed by atoms with Crippen molar-refractivity contribution >= 4 is 17.3 Å². The fourth-order valence-corrected chi connectivity index (χ4v) is 2.24. The quantitative estimate of drug-likeness (QED) is 0.793. The number of hydrogen-bond acceptors (Lipinski definition) is 4. The van der Waals surface area contributed by atoms with E-state index in [-0.39, 0.29) is 5.97 Å². The highest BCUT2D eigenvalue weighted by molar-refractivity contribution is 7.17. The van der Waals surface area contributed by atoms with Crippen LogP contribution in [0.4, 0.5) is 0 Å². The molecule has 2 heterocycles. The van der Waals surface area contributed by atoms with Crippen molar-refractivity contribution in [3.8, 4) is 10.6 Å². The molecule has 0 aromatic carbocycles. The lowest BCUT2D eigenvalue weighted by molar-refractivity contribution is 0.0605. The van der Waals surface area contributed by atoms with Gasteiger partial charge in [0.2, 0.25) is 0 Å². The molecule has 78 valence electrons. The Bertz CT molecular complexity index is 474. The first kappa shape index (κ1) is 9.92. The zero-order valence-corrected chi connectivity index (χ0v) is 9.22. The molecule has 0 fully saturated rings. The van der Waals surface area contributed by atoms with Crippen LogP contribution in [0.1, 0.15) is 15.4 Å². The summed E-state index contributed by atoms with van der Waals surface area (Å²) in [5.74, 6) is -0.327. The highest BCUT2D eigenvalue weighted by atomic mass is 32.1. The van der Waals surface area contributed by atoms with E-state index in [1.165, 1.54) is 18.4 Å². The second-order valence-corrected chi connectivity index (χ2v) is 4.02. The van der Waals surface area contributed by atoms with E-state index >= 15 is 0 Å². The van der Waals surface area contributed by atoms with Gasteiger partial charge in [0, 0.05) is 18.0 Å². The minimum absolute atomic E-state index is 0.327. The summed E-state index contributed by atoms with van der Waals surface area (Å²) >= 11 is 1.34. The van der Waals surface area contributed by atoms with Crippen molar-refractivity contribution in [3.63, 3.8) is 0 Å². The van der Waals surface area contributed by atoms with E-state index in [1.54, 1.807) is 6.92 Å². The number of thiazole rings is 1. The Morgan fingerprint density at radius 2 is 2.40 bits per heavy atom. The summed E-state index contributed by atoms with van der Waals surface area (Å²) in [4.78, 5) is 19.2. The number of aromatic amines is 1. The predicted molar refractivity (Wildman–Crippen MR) is 58.0 cm³/mol. The van der Waals surface area contributed by atoms with Crippen LogP contribution in [0.25, 0.3) is 10.6 Å². The topological polar surface area (TPSA) is 55.0 Å². The van der Waals surface area contributed by atoms with Crippen LogP contribution in [-0.2, 0) is 4.74 Å². The fourth-order valence-electron chi connectivity index (χ4n) is 1.26. The Morgan fingerprint density at radius 3 is 3.00 bits per heavy atom. The van der Waals surface area contributed by atoms with E-state index in [4.69, 9.17) is 0 Å². The summed E-state index contributed by atoms with van der Waals surface area (Å²) in [5.41, 5.74) is 1.70. The molecule has 0 unspecified atom stereocenters. The molecule has 0 saturated heterocycles. The van der Waals surface area contributed by atoms with Crippen LogP contribution >= 0.6 is 11.3 Å². The molecule has 0 aliphatic rings. The average molecular weight is 222 g/mol. The van der Waals surface area contributed by atoms with E-state index in [2.05, 4.69) is 14.7 Å². The van der Waals surface area contributed by atoms with Crippen molar-refractivity contribution in [2.45, 2.75) is 6.92 Å². The number of esters is 1. The Balaban J connectivity index is 2.41. The summed E-state index contributed by atoms with van der Waals surface area (Å²) < 4.78 is 4.67. The summed E-state index contributed by atoms with van der Waals surface area (Å²) in [7, 11) is 1.37. The number of ether oxygens (including phenoxy) is 1. The fraction of sp³-hybridized carbons (Fsp3) is 0.200. The molecule has 0 amide bonds. The summed E-state index contributed by atoms with van der Waals surface area (Å²) in [6.07, 6.45) is 3.67. The van der Waals surface area contributed by atoms with Gasteiger partial charge in [-0.15, -0.1) is 11.3 Å². The maximum Gasteiger partial charge on any atom is 0.349 e. The predicted octanol–water partition coefficient (Wildman–Crippen LogP) is 2.23. The third kappa shape index (κ3) is 1.78. The van der Waals surface area contributed by atoms with E-state index in [1.807, 2.05) is 18.5 Å². The van der Waals surface area contributed by atoms with Crippen LogP contribution in [0.5, 0.6) is 0 Å². The number of rotatable bonds is 2. The molecule has 5 heteroatoms. The van der Waals surface area contributed by atoms with Crippen molar-refractivity contribution in [2.75, 3.05) is 7.11 Å². The first-order valence-corrected chi connectivity index (χ1v) is 5.23. The number of carbonyl (C=O) groups is 1. The minimum atomic E-state index is -0.327. The van der Waals surface area contributed by atoms with E-state index < -0.39 is 0 Å². The zero-order valence-electron chi connectivity index (χ0n) is 8.40. The van der Waals surface area contributed by atoms with Crippen LogP contribution in [0.15, 0.2) is 18.5 Å². The lowest BCUT2D eigenvalue weighted by Gasteiger charge is -1.93. The Labute approximate surface area is 90.9 Å². The lowest BCUT2D eigenvalue weighted by atomic mass is 10.3. The molecule has 0 atom stereocenters. The highest BCUT2D eigenvalue weighted by Gasteiger charge is 2.16. The lowest BCUT2D eigenvalue weighted by Crippen LogP contribution is -1.99. The number of aromatic nitrogens is 2. The van der Waals surface area contributed by atoms with Crippen LogP contribution in [0.2, 0.25) is 0 Å². The summed E-state index contributed by atoms with van der Waals surface area (Å²) in [6.45, 7) is 1.80. The van der Waals surface area contributed by atoms with Gasteiger partial charge in [0.05, 0.1) is 12.8 Å². The first-order valence-electron chi connectivity index (χ1n) is 4.41. The Kier molecular flexibility index (Phi) is 2.55. The largest absolute Gasteiger partial charge is 0.465 e. The van der Waals surface area contributed by atoms with Crippen molar-refractivity contribution < 1.29 is 9.53 Å². The van der Waals surface area contributed by atoms with Crippen LogP contribution in [0, 0.1) is 6.92 Å². The van der Waals surface area contributed by atoms with Gasteiger partial charge >= 0.3 is 5.97 Å². The highest BCUT2D eigenvalue weighted by Crippen LogP contribution is 2.27. The molecular weight excluding hydrogens is 212 g/mol. The monoisotopic (exact) mass is 222 g/mol. The molecule has 0 radical (unpaired) electrons. The van der Waals surface area contributed by atoms with Gasteiger partial charge in [-0.1, -0.05) is 0 Å². The van der Waals surface area contributed by atoms with Crippen LogP contribution < -0.4 is 0 Å². The molecule has 2 aromatic heterocycles. The molecule has 0 spiro atoms. The molecule has 0 aliphatic heterocycles. The molecule has 0 bridgehead atoms. The van der Waals surface area contributed by atoms with Crippen molar-refractivity contribution in [2.24, 2.45) is 0 Å². The van der Waals surface area contributed by atoms with Crippen LogP contribution in [-0.4, -0.2) is 23.0 Å². The normalized spacial score (nSPS) is 10.3. The van der Waals surface area contributed by atoms with Gasteiger partial charge in [0.1, 0.15) is 9.88 Å². The van der Waals surface area contributed by atoms with Crippen molar-refractivity contribution in [1.29, 1.82) is 0 Å². The third-order valence-corrected chi connectivity index (χ3v) is 3.20. The SMILES string of the molecule is COC(=O)c1sc(-c2cc[nH]c2)nc1C. The van der Waals surface area contributed by atoms with E-state index in [0.29, 0.717) is 10.6 Å². The minimum Gasteiger partial charge on any atom is -0.465 e. The number of H-pyrrole nitrogens is 1. The Hall–Kier alpha value is -1.62. The first-order chi connectivity index (χ1) is 7.22. The molecule has 2 rings (SSSR count). The van der Waals surface area contributed by atoms with Gasteiger partial charge in [-0.05, 0) is 13.0 Å².